The molecule has 4 amide bonds. The lowest BCUT2D eigenvalue weighted by atomic mass is 9.94. The van der Waals surface area contributed by atoms with Gasteiger partial charge in [0, 0.05) is 32.6 Å². The molecular weight excluding hydrogens is 917 g/mol. The number of benzene rings is 4. The zero-order valence-electron chi connectivity index (χ0n) is 38.0. The molecule has 8 rings (SSSR count). The molecule has 0 saturated carbocycles. The molecule has 4 aliphatic rings. The molecule has 4 aliphatic heterocycles. The minimum atomic E-state index is -1.74. The Balaban J connectivity index is 1.23. The van der Waals surface area contributed by atoms with Crippen molar-refractivity contribution in [3.05, 3.63) is 137 Å². The van der Waals surface area contributed by atoms with Crippen LogP contribution in [0.1, 0.15) is 80.3 Å². The molecule has 4 heterocycles. The highest BCUT2D eigenvalue weighted by atomic mass is 32.2. The first-order valence-corrected chi connectivity index (χ1v) is 22.9. The van der Waals surface area contributed by atoms with Gasteiger partial charge in [-0.15, -0.1) is 0 Å². The molecule has 4 aromatic rings. The van der Waals surface area contributed by atoms with E-state index < -0.39 is 121 Å². The molecular formula is C50H48N2O16S. The van der Waals surface area contributed by atoms with Crippen molar-refractivity contribution in [1.82, 2.24) is 9.80 Å². The van der Waals surface area contributed by atoms with Crippen LogP contribution in [-0.4, -0.2) is 131 Å². The third kappa shape index (κ3) is 10.3. The Morgan fingerprint density at radius 3 is 1.49 bits per heavy atom. The van der Waals surface area contributed by atoms with E-state index in [9.17, 15) is 38.4 Å². The molecule has 0 aliphatic carbocycles. The van der Waals surface area contributed by atoms with Gasteiger partial charge in [-0.2, -0.15) is 0 Å². The van der Waals surface area contributed by atoms with Crippen LogP contribution >= 0.6 is 11.8 Å². The van der Waals surface area contributed by atoms with E-state index in [-0.39, 0.29) is 28.9 Å². The van der Waals surface area contributed by atoms with Gasteiger partial charge in [0.25, 0.3) is 23.6 Å². The molecule has 0 bridgehead atoms. The van der Waals surface area contributed by atoms with Crippen molar-refractivity contribution in [2.75, 3.05) is 13.2 Å². The fourth-order valence-electron chi connectivity index (χ4n) is 8.88. The van der Waals surface area contributed by atoms with Crippen molar-refractivity contribution in [2.24, 2.45) is 0 Å². The van der Waals surface area contributed by atoms with Crippen molar-refractivity contribution in [3.63, 3.8) is 0 Å². The predicted molar refractivity (Wildman–Crippen MR) is 240 cm³/mol. The average Bonchev–Trinajstić information content (AvgIpc) is 3.72. The van der Waals surface area contributed by atoms with Gasteiger partial charge in [0.15, 0.2) is 24.6 Å². The molecule has 10 atom stereocenters. The zero-order chi connectivity index (χ0) is 49.1. The lowest BCUT2D eigenvalue weighted by Crippen LogP contribution is -2.68. The maximum absolute atomic E-state index is 14.4. The Morgan fingerprint density at radius 2 is 0.986 bits per heavy atom. The fraction of sp³-hybridized carbons (Fsp3) is 0.360. The van der Waals surface area contributed by atoms with Crippen LogP contribution in [0.15, 0.2) is 108 Å². The monoisotopic (exact) mass is 964 g/mol. The summed E-state index contributed by atoms with van der Waals surface area (Å²) >= 11 is 1.15. The van der Waals surface area contributed by atoms with Crippen LogP contribution in [0.3, 0.4) is 0 Å². The molecule has 18 nitrogen and oxygen atoms in total. The normalized spacial score (nSPS) is 26.3. The van der Waals surface area contributed by atoms with E-state index in [1.54, 1.807) is 48.5 Å². The molecule has 0 radical (unpaired) electrons. The van der Waals surface area contributed by atoms with Crippen molar-refractivity contribution in [2.45, 2.75) is 107 Å². The van der Waals surface area contributed by atoms with Crippen molar-refractivity contribution < 1.29 is 76.3 Å². The number of fused-ring (bicyclic) bond motifs is 2. The summed E-state index contributed by atoms with van der Waals surface area (Å²) in [7, 11) is 0. The highest BCUT2D eigenvalue weighted by Gasteiger charge is 2.59. The second kappa shape index (κ2) is 20.8. The number of imide groups is 2. The van der Waals surface area contributed by atoms with Gasteiger partial charge < -0.3 is 37.9 Å². The smallest absolute Gasteiger partial charge is 0.303 e. The Morgan fingerprint density at radius 1 is 0.522 bits per heavy atom. The molecule has 360 valence electrons. The molecule has 0 spiro atoms. The quantitative estimate of drug-likeness (QED) is 0.0886. The molecule has 69 heavy (non-hydrogen) atoms. The summed E-state index contributed by atoms with van der Waals surface area (Å²) in [4.78, 5) is 111. The van der Waals surface area contributed by atoms with Crippen LogP contribution < -0.4 is 0 Å². The first kappa shape index (κ1) is 48.7. The fourth-order valence-corrected chi connectivity index (χ4v) is 10.1. The van der Waals surface area contributed by atoms with Crippen molar-refractivity contribution in [3.8, 4) is 0 Å². The van der Waals surface area contributed by atoms with Crippen LogP contribution in [0.2, 0.25) is 0 Å². The zero-order valence-corrected chi connectivity index (χ0v) is 38.9. The Labute approximate surface area is 400 Å². The van der Waals surface area contributed by atoms with Crippen LogP contribution in [0.4, 0.5) is 0 Å². The summed E-state index contributed by atoms with van der Waals surface area (Å²) in [5.41, 5.74) is 0.805. The molecule has 2 fully saturated rings. The molecule has 0 unspecified atom stereocenters. The van der Waals surface area contributed by atoms with E-state index in [1.807, 2.05) is 37.3 Å². The van der Waals surface area contributed by atoms with Gasteiger partial charge in [-0.1, -0.05) is 84.1 Å². The maximum atomic E-state index is 14.4. The van der Waals surface area contributed by atoms with Crippen molar-refractivity contribution >= 4 is 59.3 Å². The van der Waals surface area contributed by atoms with Crippen LogP contribution in [0.25, 0.3) is 0 Å². The summed E-state index contributed by atoms with van der Waals surface area (Å²) in [6.45, 7) is 5.19. The van der Waals surface area contributed by atoms with E-state index in [0.29, 0.717) is 10.5 Å². The first-order chi connectivity index (χ1) is 33.1. The standard InChI is InChI=1S/C50H48N2O16S/c1-26-19-21-32(22-20-26)69-50-40(52-47(59)35-17-11-12-18-36(35)48(52)60)44(66-30(5)56)41(62-23-31-13-7-6-8-14-31)37(68-50)25-63-49-39(51-45(57)33-15-9-10-16-34(33)46(51)58)43(65-29(4)55)42(64-28(3)54)38(67-49)24-61-27(2)53/h6-22,37-44,49-50H,23-25H2,1-5H3/t37-,38-,39-,40-,41-,42-,43-,44-,49-,50+/m1/s1. The van der Waals surface area contributed by atoms with Crippen LogP contribution in [-0.2, 0) is 63.7 Å². The van der Waals surface area contributed by atoms with Crippen LogP contribution in [0, 0.1) is 6.92 Å². The van der Waals surface area contributed by atoms with Gasteiger partial charge in [-0.3, -0.25) is 48.2 Å². The summed E-state index contributed by atoms with van der Waals surface area (Å²) in [6.07, 6.45) is -10.4. The average molecular weight is 965 g/mol. The summed E-state index contributed by atoms with van der Waals surface area (Å²) in [5, 5.41) is 0. The lowest BCUT2D eigenvalue weighted by Gasteiger charge is -2.49. The van der Waals surface area contributed by atoms with Gasteiger partial charge in [-0.05, 0) is 48.9 Å². The topological polar surface area (TPSA) is 217 Å². The van der Waals surface area contributed by atoms with Gasteiger partial charge in [-0.25, -0.2) is 0 Å². The Bertz CT molecular complexity index is 2570. The summed E-state index contributed by atoms with van der Waals surface area (Å²) in [6, 6.07) is 25.8. The number of hydrogen-bond acceptors (Lipinski definition) is 17. The first-order valence-electron chi connectivity index (χ1n) is 22.0. The van der Waals surface area contributed by atoms with E-state index in [1.165, 1.54) is 31.2 Å². The van der Waals surface area contributed by atoms with Gasteiger partial charge >= 0.3 is 23.9 Å². The number of amides is 4. The SMILES string of the molecule is CC(=O)OC[C@H]1O[C@@H](OC[C@H]2O[C@@H](Sc3ccc(C)cc3)[C@H](N3C(=O)c4ccccc4C3=O)[C@@H](OC(C)=O)[C@@H]2OCc2ccccc2)[C@H](N2C(=O)c3ccccc3C2=O)[C@@H](OC(C)=O)[C@@H]1OC(C)=O. The summed E-state index contributed by atoms with van der Waals surface area (Å²) < 4.78 is 49.5. The highest BCUT2D eigenvalue weighted by molar-refractivity contribution is 7.99. The van der Waals surface area contributed by atoms with E-state index >= 15 is 0 Å². The van der Waals surface area contributed by atoms with Crippen molar-refractivity contribution in [1.29, 1.82) is 0 Å². The van der Waals surface area contributed by atoms with Crippen LogP contribution in [0.5, 0.6) is 0 Å². The Kier molecular flexibility index (Phi) is 14.7. The largest absolute Gasteiger partial charge is 0.463 e. The third-order valence-electron chi connectivity index (χ3n) is 11.8. The number of hydrogen-bond donors (Lipinski definition) is 0. The molecule has 2 saturated heterocycles. The van der Waals surface area contributed by atoms with Gasteiger partial charge in [0.1, 0.15) is 42.4 Å². The number of aryl methyl sites for hydroxylation is 1. The van der Waals surface area contributed by atoms with E-state index in [2.05, 4.69) is 0 Å². The van der Waals surface area contributed by atoms with E-state index in [4.69, 9.17) is 37.9 Å². The number of nitrogens with zero attached hydrogens (tertiary/aromatic N) is 2. The number of esters is 4. The Hall–Kier alpha value is -6.77. The number of thioether (sulfide) groups is 1. The molecule has 0 aromatic heterocycles. The molecule has 4 aromatic carbocycles. The lowest BCUT2D eigenvalue weighted by molar-refractivity contribution is -0.298. The second-order valence-electron chi connectivity index (χ2n) is 16.7. The van der Waals surface area contributed by atoms with Gasteiger partial charge in [0.05, 0.1) is 35.5 Å². The highest BCUT2D eigenvalue weighted by Crippen LogP contribution is 2.42. The van der Waals surface area contributed by atoms with Gasteiger partial charge in [0.2, 0.25) is 0 Å². The number of ether oxygens (including phenoxy) is 8. The maximum Gasteiger partial charge on any atom is 0.303 e. The third-order valence-corrected chi connectivity index (χ3v) is 13.0. The van der Waals surface area contributed by atoms with E-state index in [0.717, 1.165) is 47.9 Å². The minimum Gasteiger partial charge on any atom is -0.463 e. The second-order valence-corrected chi connectivity index (χ2v) is 17.8. The predicted octanol–water partition coefficient (Wildman–Crippen LogP) is 4.83. The number of carbonyl (C=O) groups is 8. The summed E-state index contributed by atoms with van der Waals surface area (Å²) in [5.74, 6) is -6.17. The minimum absolute atomic E-state index is 0.0262. The number of rotatable bonds is 15. The molecule has 0 N–H and O–H groups in total. The number of carbonyl (C=O) groups excluding carboxylic acids is 8. The molecule has 19 heteroatoms.